The summed E-state index contributed by atoms with van der Waals surface area (Å²) in [5.41, 5.74) is 2.69. The molecule has 23 heavy (non-hydrogen) atoms. The Labute approximate surface area is 132 Å². The molecule has 0 fully saturated rings. The highest BCUT2D eigenvalue weighted by Gasteiger charge is 2.12. The van der Waals surface area contributed by atoms with E-state index in [-0.39, 0.29) is 5.56 Å². The van der Waals surface area contributed by atoms with Crippen molar-refractivity contribution in [2.45, 2.75) is 6.54 Å². The molecule has 1 N–H and O–H groups in total. The van der Waals surface area contributed by atoms with Gasteiger partial charge in [0.2, 0.25) is 0 Å². The minimum atomic E-state index is -0.945. The second-order valence-corrected chi connectivity index (χ2v) is 4.95. The van der Waals surface area contributed by atoms with Crippen LogP contribution in [0.1, 0.15) is 15.9 Å². The maximum Gasteiger partial charge on any atom is 0.335 e. The number of aromatic nitrogens is 3. The number of nitrogens with zero attached hydrogens (tertiary/aromatic N) is 3. The fourth-order valence-electron chi connectivity index (χ4n) is 2.34. The van der Waals surface area contributed by atoms with Crippen LogP contribution in [0.3, 0.4) is 0 Å². The van der Waals surface area contributed by atoms with Gasteiger partial charge in [0.25, 0.3) is 0 Å². The van der Waals surface area contributed by atoms with Crippen LogP contribution in [0.2, 0.25) is 0 Å². The van der Waals surface area contributed by atoms with E-state index in [1.807, 2.05) is 6.07 Å². The Bertz CT molecular complexity index is 856. The molecule has 0 aliphatic carbocycles. The smallest absolute Gasteiger partial charge is 0.335 e. The highest BCUT2D eigenvalue weighted by atomic mass is 16.5. The molecule has 3 rings (SSSR count). The number of ether oxygens (including phenoxy) is 2. The predicted octanol–water partition coefficient (Wildman–Crippen LogP) is 2.20. The van der Waals surface area contributed by atoms with Crippen molar-refractivity contribution in [2.24, 2.45) is 0 Å². The summed E-state index contributed by atoms with van der Waals surface area (Å²) in [6, 6.07) is 10.3. The third-order valence-corrected chi connectivity index (χ3v) is 3.55. The first-order valence-corrected chi connectivity index (χ1v) is 6.90. The molecule has 0 spiro atoms. The summed E-state index contributed by atoms with van der Waals surface area (Å²) in [6.07, 6.45) is 0. The summed E-state index contributed by atoms with van der Waals surface area (Å²) < 4.78 is 12.3. The molecule has 118 valence electrons. The van der Waals surface area contributed by atoms with Crippen molar-refractivity contribution in [2.75, 3.05) is 14.2 Å². The molecule has 0 unspecified atom stereocenters. The summed E-state index contributed by atoms with van der Waals surface area (Å²) in [7, 11) is 3.14. The van der Waals surface area contributed by atoms with E-state index in [1.54, 1.807) is 49.2 Å². The monoisotopic (exact) mass is 313 g/mol. The molecule has 0 aliphatic rings. The molecular formula is C16H15N3O4. The lowest BCUT2D eigenvalue weighted by molar-refractivity contribution is 0.0697. The lowest BCUT2D eigenvalue weighted by atomic mass is 10.1. The van der Waals surface area contributed by atoms with E-state index >= 15 is 0 Å². The van der Waals surface area contributed by atoms with Gasteiger partial charge in [0, 0.05) is 12.1 Å². The molecule has 1 aromatic heterocycles. The zero-order chi connectivity index (χ0) is 16.4. The summed E-state index contributed by atoms with van der Waals surface area (Å²) in [5.74, 6) is 0.252. The van der Waals surface area contributed by atoms with Crippen LogP contribution in [0.15, 0.2) is 36.4 Å². The Morgan fingerprint density at radius 3 is 2.39 bits per heavy atom. The number of hydrogen-bond acceptors (Lipinski definition) is 5. The number of carboxylic acids is 1. The van der Waals surface area contributed by atoms with Crippen molar-refractivity contribution in [3.63, 3.8) is 0 Å². The molecule has 0 radical (unpaired) electrons. The number of carboxylic acid groups (broad SMARTS) is 1. The molecule has 0 atom stereocenters. The molecular weight excluding hydrogens is 298 g/mol. The van der Waals surface area contributed by atoms with Crippen LogP contribution >= 0.6 is 0 Å². The Hall–Kier alpha value is -3.09. The molecule has 0 bridgehead atoms. The zero-order valence-electron chi connectivity index (χ0n) is 12.7. The van der Waals surface area contributed by atoms with Crippen molar-refractivity contribution in [3.05, 3.63) is 47.5 Å². The minimum Gasteiger partial charge on any atom is -0.493 e. The maximum atomic E-state index is 10.9. The maximum absolute atomic E-state index is 10.9. The summed E-state index contributed by atoms with van der Waals surface area (Å²) in [6.45, 7) is 0.478. The molecule has 0 saturated carbocycles. The average Bonchev–Trinajstić information content (AvgIpc) is 2.96. The van der Waals surface area contributed by atoms with Crippen LogP contribution in [0, 0.1) is 0 Å². The number of fused-ring (bicyclic) bond motifs is 1. The molecule has 0 aliphatic heterocycles. The molecule has 7 heteroatoms. The van der Waals surface area contributed by atoms with Crippen molar-refractivity contribution in [1.82, 2.24) is 15.0 Å². The topological polar surface area (TPSA) is 86.5 Å². The van der Waals surface area contributed by atoms with E-state index in [9.17, 15) is 4.79 Å². The largest absolute Gasteiger partial charge is 0.493 e. The average molecular weight is 313 g/mol. The van der Waals surface area contributed by atoms with Gasteiger partial charge in [0.15, 0.2) is 11.5 Å². The fourth-order valence-corrected chi connectivity index (χ4v) is 2.34. The first-order chi connectivity index (χ1) is 11.1. The van der Waals surface area contributed by atoms with E-state index in [1.165, 1.54) is 0 Å². The number of benzene rings is 2. The standard InChI is InChI=1S/C16H15N3O4/c1-22-14-7-12-13(8-15(14)23-2)19(18-17-12)9-10-3-5-11(6-4-10)16(20)21/h3-8H,9H2,1-2H3,(H,20,21). The highest BCUT2D eigenvalue weighted by Crippen LogP contribution is 2.31. The van der Waals surface area contributed by atoms with E-state index in [0.29, 0.717) is 23.6 Å². The van der Waals surface area contributed by atoms with Gasteiger partial charge < -0.3 is 14.6 Å². The van der Waals surface area contributed by atoms with Crippen LogP contribution in [-0.4, -0.2) is 40.3 Å². The number of hydrogen-bond donors (Lipinski definition) is 1. The van der Waals surface area contributed by atoms with E-state index in [4.69, 9.17) is 14.6 Å². The van der Waals surface area contributed by atoms with Gasteiger partial charge in [0.1, 0.15) is 5.52 Å². The van der Waals surface area contributed by atoms with Gasteiger partial charge >= 0.3 is 5.97 Å². The van der Waals surface area contributed by atoms with Crippen LogP contribution in [-0.2, 0) is 6.54 Å². The molecule has 0 amide bonds. The van der Waals surface area contributed by atoms with E-state index < -0.39 is 5.97 Å². The predicted molar refractivity (Wildman–Crippen MR) is 83.1 cm³/mol. The number of aromatic carboxylic acids is 1. The van der Waals surface area contributed by atoms with Gasteiger partial charge in [-0.25, -0.2) is 9.48 Å². The zero-order valence-corrected chi connectivity index (χ0v) is 12.7. The number of rotatable bonds is 5. The summed E-state index contributed by atoms with van der Waals surface area (Å²) in [5, 5.41) is 17.2. The normalized spacial score (nSPS) is 10.7. The second-order valence-electron chi connectivity index (χ2n) is 4.95. The first-order valence-electron chi connectivity index (χ1n) is 6.90. The highest BCUT2D eigenvalue weighted by molar-refractivity contribution is 5.87. The van der Waals surface area contributed by atoms with Crippen LogP contribution in [0.25, 0.3) is 11.0 Å². The third-order valence-electron chi connectivity index (χ3n) is 3.55. The van der Waals surface area contributed by atoms with Crippen LogP contribution in [0.5, 0.6) is 11.5 Å². The van der Waals surface area contributed by atoms with Gasteiger partial charge in [-0.05, 0) is 17.7 Å². The van der Waals surface area contributed by atoms with Crippen molar-refractivity contribution in [1.29, 1.82) is 0 Å². The minimum absolute atomic E-state index is 0.253. The summed E-state index contributed by atoms with van der Waals surface area (Å²) >= 11 is 0. The fraction of sp³-hybridized carbons (Fsp3) is 0.188. The Morgan fingerprint density at radius 2 is 1.78 bits per heavy atom. The molecule has 2 aromatic carbocycles. The second kappa shape index (κ2) is 5.96. The van der Waals surface area contributed by atoms with Crippen molar-refractivity contribution >= 4 is 17.0 Å². The lowest BCUT2D eigenvalue weighted by Gasteiger charge is -2.08. The van der Waals surface area contributed by atoms with Gasteiger partial charge in [-0.2, -0.15) is 0 Å². The SMILES string of the molecule is COc1cc2nnn(Cc3ccc(C(=O)O)cc3)c2cc1OC. The van der Waals surface area contributed by atoms with Crippen LogP contribution in [0.4, 0.5) is 0 Å². The molecule has 3 aromatic rings. The molecule has 1 heterocycles. The summed E-state index contributed by atoms with van der Waals surface area (Å²) in [4.78, 5) is 10.9. The third kappa shape index (κ3) is 2.80. The van der Waals surface area contributed by atoms with Gasteiger partial charge in [-0.15, -0.1) is 5.10 Å². The van der Waals surface area contributed by atoms with E-state index in [2.05, 4.69) is 10.3 Å². The number of methoxy groups -OCH3 is 2. The van der Waals surface area contributed by atoms with Crippen LogP contribution < -0.4 is 9.47 Å². The van der Waals surface area contributed by atoms with Gasteiger partial charge in [-0.1, -0.05) is 17.3 Å². The van der Waals surface area contributed by atoms with Crippen molar-refractivity contribution in [3.8, 4) is 11.5 Å². The van der Waals surface area contributed by atoms with Crippen molar-refractivity contribution < 1.29 is 19.4 Å². The van der Waals surface area contributed by atoms with Gasteiger partial charge in [0.05, 0.1) is 31.8 Å². The van der Waals surface area contributed by atoms with Gasteiger partial charge in [-0.3, -0.25) is 0 Å². The Balaban J connectivity index is 1.95. The number of carbonyl (C=O) groups is 1. The molecule has 0 saturated heterocycles. The van der Waals surface area contributed by atoms with E-state index in [0.717, 1.165) is 11.1 Å². The first kappa shape index (κ1) is 14.8. The Kier molecular flexibility index (Phi) is 3.84. The molecule has 7 nitrogen and oxygen atoms in total. The Morgan fingerprint density at radius 1 is 1.13 bits per heavy atom. The lowest BCUT2D eigenvalue weighted by Crippen LogP contribution is -2.03. The quantitative estimate of drug-likeness (QED) is 0.777.